The number of hydrogen-bond donors (Lipinski definition) is 1. The van der Waals surface area contributed by atoms with Crippen LogP contribution in [0.1, 0.15) is 56.4 Å². The molecule has 5 heteroatoms. The summed E-state index contributed by atoms with van der Waals surface area (Å²) in [5.41, 5.74) is 0.803. The molecule has 3 nitrogen and oxygen atoms in total. The van der Waals surface area contributed by atoms with Crippen molar-refractivity contribution < 1.29 is 13.9 Å². The van der Waals surface area contributed by atoms with Crippen molar-refractivity contribution in [1.82, 2.24) is 5.32 Å². The summed E-state index contributed by atoms with van der Waals surface area (Å²) in [6.45, 7) is 3.38. The van der Waals surface area contributed by atoms with E-state index < -0.39 is 0 Å². The highest BCUT2D eigenvalue weighted by atomic mass is 35.5. The Labute approximate surface area is 161 Å². The molecule has 26 heavy (non-hydrogen) atoms. The largest absolute Gasteiger partial charge is 0.383 e. The zero-order valence-corrected chi connectivity index (χ0v) is 16.5. The summed E-state index contributed by atoms with van der Waals surface area (Å²) in [6, 6.07) is 5.02. The highest BCUT2D eigenvalue weighted by molar-refractivity contribution is 6.31. The lowest BCUT2D eigenvalue weighted by atomic mass is 9.77. The molecule has 2 fully saturated rings. The summed E-state index contributed by atoms with van der Waals surface area (Å²) in [4.78, 5) is 0. The van der Waals surface area contributed by atoms with E-state index in [2.05, 4.69) is 5.32 Å². The Morgan fingerprint density at radius 2 is 1.96 bits per heavy atom. The zero-order valence-electron chi connectivity index (χ0n) is 15.7. The molecule has 1 aromatic rings. The summed E-state index contributed by atoms with van der Waals surface area (Å²) in [5, 5.41) is 4.34. The quantitative estimate of drug-likeness (QED) is 0.724. The van der Waals surface area contributed by atoms with Gasteiger partial charge in [-0.25, -0.2) is 4.39 Å². The van der Waals surface area contributed by atoms with Crippen LogP contribution in [0, 0.1) is 11.7 Å². The van der Waals surface area contributed by atoms with Gasteiger partial charge in [0, 0.05) is 36.4 Å². The Kier molecular flexibility index (Phi) is 7.33. The third kappa shape index (κ3) is 4.98. The number of halogens is 2. The predicted octanol–water partition coefficient (Wildman–Crippen LogP) is 4.93. The predicted molar refractivity (Wildman–Crippen MR) is 103 cm³/mol. The molecule has 0 amide bonds. The number of ether oxygens (including phenoxy) is 2. The second-order valence-corrected chi connectivity index (χ2v) is 8.30. The Hall–Kier alpha value is -0.680. The van der Waals surface area contributed by atoms with Gasteiger partial charge in [0.25, 0.3) is 0 Å². The third-order valence-corrected chi connectivity index (χ3v) is 6.51. The van der Waals surface area contributed by atoms with Crippen LogP contribution in [-0.4, -0.2) is 39.0 Å². The third-order valence-electron chi connectivity index (χ3n) is 6.18. The van der Waals surface area contributed by atoms with Gasteiger partial charge in [-0.2, -0.15) is 0 Å². The molecule has 1 N–H and O–H groups in total. The van der Waals surface area contributed by atoms with E-state index in [1.54, 1.807) is 19.2 Å². The molecule has 0 spiro atoms. The minimum Gasteiger partial charge on any atom is -0.383 e. The summed E-state index contributed by atoms with van der Waals surface area (Å²) in [5.74, 6) is 0.829. The van der Waals surface area contributed by atoms with E-state index in [4.69, 9.17) is 21.1 Å². The lowest BCUT2D eigenvalue weighted by Gasteiger charge is -2.38. The van der Waals surface area contributed by atoms with Gasteiger partial charge in [-0.1, -0.05) is 17.7 Å². The summed E-state index contributed by atoms with van der Waals surface area (Å²) in [7, 11) is 1.77. The van der Waals surface area contributed by atoms with E-state index >= 15 is 0 Å². The van der Waals surface area contributed by atoms with Gasteiger partial charge in [-0.05, 0) is 75.5 Å². The van der Waals surface area contributed by atoms with Crippen molar-refractivity contribution in [2.75, 3.05) is 33.5 Å². The van der Waals surface area contributed by atoms with Gasteiger partial charge in [0.15, 0.2) is 0 Å². The van der Waals surface area contributed by atoms with Crippen molar-refractivity contribution in [1.29, 1.82) is 0 Å². The molecule has 0 unspecified atom stereocenters. The Bertz CT molecular complexity index is 543. The van der Waals surface area contributed by atoms with Crippen LogP contribution in [-0.2, 0) is 9.47 Å². The van der Waals surface area contributed by atoms with E-state index in [1.807, 2.05) is 0 Å². The fraction of sp³-hybridized carbons (Fsp3) is 0.714. The molecule has 0 bridgehead atoms. The van der Waals surface area contributed by atoms with E-state index in [0.717, 1.165) is 70.5 Å². The first-order valence-corrected chi connectivity index (χ1v) is 10.3. The monoisotopic (exact) mass is 383 g/mol. The van der Waals surface area contributed by atoms with Crippen LogP contribution in [0.3, 0.4) is 0 Å². The first kappa shape index (κ1) is 20.1. The van der Waals surface area contributed by atoms with E-state index in [9.17, 15) is 4.39 Å². The SMILES string of the molecule is COCC1(NCCC2CCC(c3c(F)cccc3Cl)CC2)CCOCC1. The molecule has 1 heterocycles. The fourth-order valence-corrected chi connectivity index (χ4v) is 4.91. The van der Waals surface area contributed by atoms with Crippen LogP contribution in [0.5, 0.6) is 0 Å². The number of benzene rings is 1. The van der Waals surface area contributed by atoms with Crippen molar-refractivity contribution >= 4 is 11.6 Å². The fourth-order valence-electron chi connectivity index (χ4n) is 4.59. The lowest BCUT2D eigenvalue weighted by molar-refractivity contribution is 0.0000455. The number of hydrogen-bond acceptors (Lipinski definition) is 3. The standard InChI is InChI=1S/C21H31ClFNO2/c1-25-15-21(10-13-26-14-11-21)24-12-9-16-5-7-17(8-6-16)20-18(22)3-2-4-19(20)23/h2-4,16-17,24H,5-15H2,1H3. The zero-order chi connectivity index (χ0) is 18.4. The van der Waals surface area contributed by atoms with Crippen molar-refractivity contribution in [3.63, 3.8) is 0 Å². The molecule has 0 aromatic heterocycles. The van der Waals surface area contributed by atoms with Crippen LogP contribution in [0.4, 0.5) is 4.39 Å². The molecule has 1 saturated heterocycles. The first-order valence-electron chi connectivity index (χ1n) is 9.89. The van der Waals surface area contributed by atoms with Gasteiger partial charge in [-0.3, -0.25) is 0 Å². The topological polar surface area (TPSA) is 30.5 Å². The van der Waals surface area contributed by atoms with Gasteiger partial charge in [-0.15, -0.1) is 0 Å². The van der Waals surface area contributed by atoms with Gasteiger partial charge in [0.2, 0.25) is 0 Å². The van der Waals surface area contributed by atoms with Crippen molar-refractivity contribution in [3.05, 3.63) is 34.6 Å². The van der Waals surface area contributed by atoms with E-state index in [1.165, 1.54) is 12.5 Å². The molecule has 1 aliphatic heterocycles. The Morgan fingerprint density at radius 1 is 1.23 bits per heavy atom. The van der Waals surface area contributed by atoms with Crippen LogP contribution >= 0.6 is 11.6 Å². The number of nitrogens with one attached hydrogen (secondary N) is 1. The maximum Gasteiger partial charge on any atom is 0.128 e. The molecule has 146 valence electrons. The molecule has 2 aliphatic rings. The van der Waals surface area contributed by atoms with Crippen LogP contribution in [0.25, 0.3) is 0 Å². The van der Waals surface area contributed by atoms with Gasteiger partial charge in [0.1, 0.15) is 5.82 Å². The van der Waals surface area contributed by atoms with Crippen molar-refractivity contribution in [2.24, 2.45) is 5.92 Å². The van der Waals surface area contributed by atoms with Gasteiger partial charge in [0.05, 0.1) is 6.61 Å². The van der Waals surface area contributed by atoms with Crippen LogP contribution < -0.4 is 5.32 Å². The van der Waals surface area contributed by atoms with Crippen molar-refractivity contribution in [2.45, 2.75) is 56.4 Å². The average Bonchev–Trinajstić information content (AvgIpc) is 2.64. The van der Waals surface area contributed by atoms with E-state index in [-0.39, 0.29) is 17.3 Å². The molecule has 1 aliphatic carbocycles. The molecule has 3 rings (SSSR count). The lowest BCUT2D eigenvalue weighted by Crippen LogP contribution is -2.53. The Balaban J connectivity index is 1.45. The van der Waals surface area contributed by atoms with Crippen LogP contribution in [0.2, 0.25) is 5.02 Å². The Morgan fingerprint density at radius 3 is 2.62 bits per heavy atom. The number of rotatable bonds is 7. The summed E-state index contributed by atoms with van der Waals surface area (Å²) in [6.07, 6.45) is 7.56. The first-order chi connectivity index (χ1) is 12.6. The molecule has 1 aromatic carbocycles. The highest BCUT2D eigenvalue weighted by Gasteiger charge is 2.32. The molecule has 0 atom stereocenters. The van der Waals surface area contributed by atoms with Gasteiger partial charge >= 0.3 is 0 Å². The smallest absolute Gasteiger partial charge is 0.128 e. The minimum atomic E-state index is -0.149. The van der Waals surface area contributed by atoms with Crippen molar-refractivity contribution in [3.8, 4) is 0 Å². The second kappa shape index (κ2) is 9.50. The molecular formula is C21H31ClFNO2. The second-order valence-electron chi connectivity index (χ2n) is 7.89. The average molecular weight is 384 g/mol. The maximum absolute atomic E-state index is 14.1. The van der Waals surface area contributed by atoms with Crippen LogP contribution in [0.15, 0.2) is 18.2 Å². The van der Waals surface area contributed by atoms with E-state index in [0.29, 0.717) is 10.9 Å². The summed E-state index contributed by atoms with van der Waals surface area (Å²) < 4.78 is 25.1. The summed E-state index contributed by atoms with van der Waals surface area (Å²) >= 11 is 6.24. The maximum atomic E-state index is 14.1. The van der Waals surface area contributed by atoms with Gasteiger partial charge < -0.3 is 14.8 Å². The highest BCUT2D eigenvalue weighted by Crippen LogP contribution is 2.40. The minimum absolute atomic E-state index is 0.0743. The molecule has 1 saturated carbocycles. The molecular weight excluding hydrogens is 353 g/mol. The molecule has 0 radical (unpaired) electrons. The normalized spacial score (nSPS) is 26.0. The number of methoxy groups -OCH3 is 1.